The van der Waals surface area contributed by atoms with Crippen LogP contribution in [0.15, 0.2) is 36.5 Å². The van der Waals surface area contributed by atoms with E-state index in [-0.39, 0.29) is 6.04 Å². The minimum Gasteiger partial charge on any atom is -0.379 e. The summed E-state index contributed by atoms with van der Waals surface area (Å²) >= 11 is 0. The molecule has 3 nitrogen and oxygen atoms in total. The topological polar surface area (TPSA) is 34.1 Å². The molecule has 1 aromatic heterocycles. The van der Waals surface area contributed by atoms with Crippen LogP contribution in [0, 0.1) is 0 Å². The van der Waals surface area contributed by atoms with Crippen LogP contribution in [0.1, 0.15) is 38.3 Å². The fraction of sp³-hybridized carbons (Fsp3) is 0.471. The Hall–Kier alpha value is -1.45. The van der Waals surface area contributed by atoms with E-state index in [9.17, 15) is 0 Å². The van der Waals surface area contributed by atoms with E-state index in [2.05, 4.69) is 42.3 Å². The Labute approximate surface area is 121 Å². The number of hydrogen-bond donors (Lipinski definition) is 1. The molecule has 0 aliphatic heterocycles. The van der Waals surface area contributed by atoms with Crippen LogP contribution in [0.4, 0.5) is 0 Å². The van der Waals surface area contributed by atoms with Crippen LogP contribution in [0.2, 0.25) is 0 Å². The van der Waals surface area contributed by atoms with Gasteiger partial charge in [0, 0.05) is 18.2 Å². The summed E-state index contributed by atoms with van der Waals surface area (Å²) in [5.74, 6) is 0. The average Bonchev–Trinajstić information content (AvgIpc) is 2.50. The van der Waals surface area contributed by atoms with E-state index in [1.807, 2.05) is 18.3 Å². The van der Waals surface area contributed by atoms with E-state index >= 15 is 0 Å². The predicted molar refractivity (Wildman–Crippen MR) is 83.9 cm³/mol. The van der Waals surface area contributed by atoms with Gasteiger partial charge in [0.25, 0.3) is 0 Å². The lowest BCUT2D eigenvalue weighted by molar-refractivity contribution is 0.112. The molecule has 0 radical (unpaired) electrons. The van der Waals surface area contributed by atoms with E-state index < -0.39 is 0 Å². The third-order valence-corrected chi connectivity index (χ3v) is 3.29. The highest BCUT2D eigenvalue weighted by molar-refractivity contribution is 5.78. The quantitative estimate of drug-likeness (QED) is 0.744. The molecule has 2 aromatic rings. The van der Waals surface area contributed by atoms with Crippen molar-refractivity contribution in [1.82, 2.24) is 10.3 Å². The molecule has 0 aliphatic rings. The third-order valence-electron chi connectivity index (χ3n) is 3.29. The lowest BCUT2D eigenvalue weighted by atomic mass is 10.1. The zero-order valence-corrected chi connectivity index (χ0v) is 12.4. The number of benzene rings is 1. The third kappa shape index (κ3) is 4.02. The summed E-state index contributed by atoms with van der Waals surface area (Å²) in [5.41, 5.74) is 2.24. The molecule has 1 N–H and O–H groups in total. The first-order valence-corrected chi connectivity index (χ1v) is 7.51. The zero-order chi connectivity index (χ0) is 14.2. The molecule has 0 fully saturated rings. The number of rotatable bonds is 8. The summed E-state index contributed by atoms with van der Waals surface area (Å²) in [7, 11) is 0. The van der Waals surface area contributed by atoms with E-state index in [1.54, 1.807) is 0 Å². The van der Waals surface area contributed by atoms with Crippen LogP contribution in [0.5, 0.6) is 0 Å². The van der Waals surface area contributed by atoms with Gasteiger partial charge in [0.1, 0.15) is 0 Å². The first-order valence-electron chi connectivity index (χ1n) is 7.51. The predicted octanol–water partition coefficient (Wildman–Crippen LogP) is 3.70. The number of aromatic nitrogens is 1. The number of ether oxygens (including phenoxy) is 1. The molecule has 0 spiro atoms. The van der Waals surface area contributed by atoms with Crippen molar-refractivity contribution in [2.24, 2.45) is 0 Å². The van der Waals surface area contributed by atoms with Crippen LogP contribution in [0.3, 0.4) is 0 Å². The van der Waals surface area contributed by atoms with Gasteiger partial charge in [-0.25, -0.2) is 0 Å². The smallest absolute Gasteiger partial charge is 0.0702 e. The van der Waals surface area contributed by atoms with Crippen molar-refractivity contribution < 1.29 is 4.74 Å². The lowest BCUT2D eigenvalue weighted by Crippen LogP contribution is -2.26. The van der Waals surface area contributed by atoms with Crippen LogP contribution in [-0.2, 0) is 4.74 Å². The van der Waals surface area contributed by atoms with E-state index in [0.29, 0.717) is 6.61 Å². The zero-order valence-electron chi connectivity index (χ0n) is 12.4. The fourth-order valence-electron chi connectivity index (χ4n) is 2.22. The molecule has 0 amide bonds. The van der Waals surface area contributed by atoms with Gasteiger partial charge in [-0.15, -0.1) is 0 Å². The summed E-state index contributed by atoms with van der Waals surface area (Å²) in [6.45, 7) is 6.81. The van der Waals surface area contributed by atoms with Gasteiger partial charge in [0.15, 0.2) is 0 Å². The van der Waals surface area contributed by atoms with Crippen molar-refractivity contribution in [3.63, 3.8) is 0 Å². The van der Waals surface area contributed by atoms with Crippen LogP contribution in [-0.4, -0.2) is 24.7 Å². The Bertz CT molecular complexity index is 527. The summed E-state index contributed by atoms with van der Waals surface area (Å²) in [5, 5.41) is 4.73. The van der Waals surface area contributed by atoms with Crippen LogP contribution >= 0.6 is 0 Å². The van der Waals surface area contributed by atoms with Crippen LogP contribution in [0.25, 0.3) is 10.9 Å². The van der Waals surface area contributed by atoms with Crippen molar-refractivity contribution in [1.29, 1.82) is 0 Å². The lowest BCUT2D eigenvalue weighted by Gasteiger charge is -2.19. The molecule has 1 aromatic carbocycles. The molecule has 0 aliphatic carbocycles. The van der Waals surface area contributed by atoms with Gasteiger partial charge in [0.05, 0.1) is 18.2 Å². The first-order chi connectivity index (χ1) is 9.85. The highest BCUT2D eigenvalue weighted by atomic mass is 16.5. The maximum Gasteiger partial charge on any atom is 0.0702 e. The molecular weight excluding hydrogens is 248 g/mol. The second-order valence-corrected chi connectivity index (χ2v) is 5.04. The number of nitrogens with one attached hydrogen (secondary N) is 1. The van der Waals surface area contributed by atoms with Crippen molar-refractivity contribution in [2.75, 3.05) is 19.8 Å². The summed E-state index contributed by atoms with van der Waals surface area (Å²) in [6, 6.07) is 10.7. The first kappa shape index (κ1) is 14.9. The van der Waals surface area contributed by atoms with E-state index in [1.165, 1.54) is 10.9 Å². The maximum absolute atomic E-state index is 5.72. The molecular formula is C17H24N2O. The molecule has 2 rings (SSSR count). The van der Waals surface area contributed by atoms with Gasteiger partial charge in [-0.3, -0.25) is 4.98 Å². The minimum atomic E-state index is 0.221. The van der Waals surface area contributed by atoms with Crippen molar-refractivity contribution in [3.8, 4) is 0 Å². The summed E-state index contributed by atoms with van der Waals surface area (Å²) in [6.07, 6.45) is 4.13. The normalized spacial score (nSPS) is 12.7. The SMILES string of the molecule is CCCNC(COCCC)c1cnc2ccccc2c1. The Kier molecular flexibility index (Phi) is 5.96. The maximum atomic E-state index is 5.72. The highest BCUT2D eigenvalue weighted by Gasteiger charge is 2.11. The van der Waals surface area contributed by atoms with E-state index in [4.69, 9.17) is 4.74 Å². The molecule has 1 atom stereocenters. The molecule has 0 saturated heterocycles. The highest BCUT2D eigenvalue weighted by Crippen LogP contribution is 2.18. The van der Waals surface area contributed by atoms with Gasteiger partial charge in [-0.2, -0.15) is 0 Å². The molecule has 1 unspecified atom stereocenters. The fourth-order valence-corrected chi connectivity index (χ4v) is 2.22. The standard InChI is InChI=1S/C17H24N2O/c1-3-9-18-17(13-20-10-4-2)15-11-14-7-5-6-8-16(14)19-12-15/h5-8,11-12,17-18H,3-4,9-10,13H2,1-2H3. The second kappa shape index (κ2) is 7.98. The Morgan fingerprint density at radius 1 is 1.20 bits per heavy atom. The van der Waals surface area contributed by atoms with E-state index in [0.717, 1.165) is 31.5 Å². The van der Waals surface area contributed by atoms with Crippen molar-refractivity contribution in [2.45, 2.75) is 32.7 Å². The summed E-state index contributed by atoms with van der Waals surface area (Å²) in [4.78, 5) is 4.54. The van der Waals surface area contributed by atoms with Gasteiger partial charge in [0.2, 0.25) is 0 Å². The number of pyridine rings is 1. The Morgan fingerprint density at radius 3 is 2.85 bits per heavy atom. The Balaban J connectivity index is 2.15. The minimum absolute atomic E-state index is 0.221. The van der Waals surface area contributed by atoms with Gasteiger partial charge < -0.3 is 10.1 Å². The van der Waals surface area contributed by atoms with Crippen molar-refractivity contribution >= 4 is 10.9 Å². The largest absolute Gasteiger partial charge is 0.379 e. The number of nitrogens with zero attached hydrogens (tertiary/aromatic N) is 1. The van der Waals surface area contributed by atoms with Gasteiger partial charge >= 0.3 is 0 Å². The molecule has 0 bridgehead atoms. The van der Waals surface area contributed by atoms with Gasteiger partial charge in [-0.1, -0.05) is 32.0 Å². The Morgan fingerprint density at radius 2 is 2.05 bits per heavy atom. The number of para-hydroxylation sites is 1. The molecule has 20 heavy (non-hydrogen) atoms. The molecule has 1 heterocycles. The second-order valence-electron chi connectivity index (χ2n) is 5.04. The van der Waals surface area contributed by atoms with Crippen molar-refractivity contribution in [3.05, 3.63) is 42.1 Å². The molecule has 0 saturated carbocycles. The van der Waals surface area contributed by atoms with Crippen LogP contribution < -0.4 is 5.32 Å². The monoisotopic (exact) mass is 272 g/mol. The number of hydrogen-bond acceptors (Lipinski definition) is 3. The van der Waals surface area contributed by atoms with Gasteiger partial charge in [-0.05, 0) is 37.1 Å². The molecule has 3 heteroatoms. The molecule has 108 valence electrons. The number of fused-ring (bicyclic) bond motifs is 1. The summed E-state index contributed by atoms with van der Waals surface area (Å²) < 4.78 is 5.72. The average molecular weight is 272 g/mol.